The number of ether oxygens (including phenoxy) is 3. The van der Waals surface area contributed by atoms with E-state index >= 15 is 0 Å². The smallest absolute Gasteiger partial charge is 0.243 e. The third-order valence-corrected chi connectivity index (χ3v) is 8.90. The zero-order chi connectivity index (χ0) is 28.1. The van der Waals surface area contributed by atoms with Crippen molar-refractivity contribution in [1.82, 2.24) is 14.1 Å². The number of aryl methyl sites for hydroxylation is 2. The second-order valence-corrected chi connectivity index (χ2v) is 12.0. The molecule has 214 valence electrons. The van der Waals surface area contributed by atoms with Crippen LogP contribution >= 0.6 is 0 Å². The Kier molecular flexibility index (Phi) is 8.75. The van der Waals surface area contributed by atoms with E-state index in [1.807, 2.05) is 44.2 Å². The Bertz CT molecular complexity index is 1420. The summed E-state index contributed by atoms with van der Waals surface area (Å²) in [5, 5.41) is 0. The van der Waals surface area contributed by atoms with Gasteiger partial charge >= 0.3 is 0 Å². The molecule has 0 atom stereocenters. The number of hydrogen-bond donors (Lipinski definition) is 0. The van der Waals surface area contributed by atoms with Crippen LogP contribution in [0, 0.1) is 13.8 Å². The molecule has 0 spiro atoms. The summed E-state index contributed by atoms with van der Waals surface area (Å²) in [6.45, 7) is 7.38. The zero-order valence-corrected chi connectivity index (χ0v) is 23.7. The number of sulfonamides is 1. The third kappa shape index (κ3) is 6.84. The summed E-state index contributed by atoms with van der Waals surface area (Å²) in [5.41, 5.74) is 1.79. The van der Waals surface area contributed by atoms with Gasteiger partial charge in [-0.15, -0.1) is 0 Å². The molecular formula is C29H35N3O7S. The third-order valence-electron chi connectivity index (χ3n) is 7.05. The predicted molar refractivity (Wildman–Crippen MR) is 147 cm³/mol. The maximum absolute atomic E-state index is 13.9. The molecule has 0 radical (unpaired) electrons. The summed E-state index contributed by atoms with van der Waals surface area (Å²) in [6.07, 6.45) is 0. The number of fused-ring (bicyclic) bond motifs is 1. The molecule has 5 rings (SSSR count). The van der Waals surface area contributed by atoms with Crippen molar-refractivity contribution in [3.8, 4) is 11.5 Å². The van der Waals surface area contributed by atoms with Crippen molar-refractivity contribution in [3.63, 3.8) is 0 Å². The van der Waals surface area contributed by atoms with Crippen molar-refractivity contribution in [2.75, 3.05) is 52.7 Å². The molecule has 2 aromatic carbocycles. The van der Waals surface area contributed by atoms with Gasteiger partial charge in [-0.05, 0) is 55.8 Å². The second kappa shape index (κ2) is 12.4. The van der Waals surface area contributed by atoms with E-state index in [-0.39, 0.29) is 43.8 Å². The highest BCUT2D eigenvalue weighted by Gasteiger charge is 2.30. The normalized spacial score (nSPS) is 15.5. The molecule has 1 aromatic heterocycles. The first-order valence-electron chi connectivity index (χ1n) is 13.4. The molecule has 3 aromatic rings. The lowest BCUT2D eigenvalue weighted by Gasteiger charge is -2.31. The molecule has 3 heterocycles. The Morgan fingerprint density at radius 2 is 1.68 bits per heavy atom. The van der Waals surface area contributed by atoms with Gasteiger partial charge < -0.3 is 23.5 Å². The fourth-order valence-electron chi connectivity index (χ4n) is 4.72. The molecule has 2 aliphatic heterocycles. The number of amides is 1. The lowest BCUT2D eigenvalue weighted by atomic mass is 10.2. The molecular weight excluding hydrogens is 534 g/mol. The minimum Gasteiger partial charge on any atom is -0.464 e. The predicted octanol–water partition coefficient (Wildman–Crippen LogP) is 3.18. The first kappa shape index (κ1) is 28.2. The Morgan fingerprint density at radius 3 is 2.40 bits per heavy atom. The number of rotatable bonds is 11. The second-order valence-electron chi connectivity index (χ2n) is 10.1. The van der Waals surface area contributed by atoms with Gasteiger partial charge in [-0.2, -0.15) is 4.31 Å². The van der Waals surface area contributed by atoms with E-state index in [2.05, 4.69) is 4.90 Å². The van der Waals surface area contributed by atoms with Gasteiger partial charge in [0.15, 0.2) is 11.5 Å². The van der Waals surface area contributed by atoms with Gasteiger partial charge in [0.05, 0.1) is 31.2 Å². The van der Waals surface area contributed by atoms with Crippen LogP contribution in [-0.4, -0.2) is 81.2 Å². The lowest BCUT2D eigenvalue weighted by molar-refractivity contribution is -0.133. The molecule has 0 aliphatic carbocycles. The van der Waals surface area contributed by atoms with Crippen molar-refractivity contribution >= 4 is 15.9 Å². The van der Waals surface area contributed by atoms with Crippen molar-refractivity contribution in [2.24, 2.45) is 0 Å². The Labute approximate surface area is 235 Å². The topological polar surface area (TPSA) is 102 Å². The summed E-state index contributed by atoms with van der Waals surface area (Å²) in [4.78, 5) is 17.8. The average molecular weight is 570 g/mol. The van der Waals surface area contributed by atoms with Gasteiger partial charge in [-0.25, -0.2) is 8.42 Å². The monoisotopic (exact) mass is 569 g/mol. The summed E-state index contributed by atoms with van der Waals surface area (Å²) in [6, 6.07) is 15.9. The Hall–Kier alpha value is -3.38. The summed E-state index contributed by atoms with van der Waals surface area (Å²) < 4.78 is 51.0. The van der Waals surface area contributed by atoms with Gasteiger partial charge in [0.25, 0.3) is 0 Å². The number of furan rings is 1. The van der Waals surface area contributed by atoms with E-state index in [1.165, 1.54) is 4.31 Å². The van der Waals surface area contributed by atoms with Crippen LogP contribution in [0.5, 0.6) is 11.5 Å². The average Bonchev–Trinajstić information content (AvgIpc) is 3.59. The SMILES string of the molecule is Cc1ccc(S(=O)(=O)N(CCN2CCOCC2)CC(=O)N(Cc2ccc3c(c2)OCO3)Cc2ccc(C)o2)cc1. The van der Waals surface area contributed by atoms with Gasteiger partial charge in [-0.1, -0.05) is 23.8 Å². The fourth-order valence-corrected chi connectivity index (χ4v) is 6.10. The van der Waals surface area contributed by atoms with Crippen LogP contribution in [0.3, 0.4) is 0 Å². The highest BCUT2D eigenvalue weighted by Crippen LogP contribution is 2.33. The van der Waals surface area contributed by atoms with E-state index < -0.39 is 10.0 Å². The molecule has 2 aliphatic rings. The van der Waals surface area contributed by atoms with Crippen LogP contribution in [-0.2, 0) is 32.6 Å². The first-order chi connectivity index (χ1) is 19.3. The van der Waals surface area contributed by atoms with Gasteiger partial charge in [0, 0.05) is 32.7 Å². The zero-order valence-electron chi connectivity index (χ0n) is 22.9. The van der Waals surface area contributed by atoms with E-state index in [0.29, 0.717) is 37.0 Å². The molecule has 40 heavy (non-hydrogen) atoms. The van der Waals surface area contributed by atoms with E-state index in [0.717, 1.165) is 30.0 Å². The maximum Gasteiger partial charge on any atom is 0.243 e. The highest BCUT2D eigenvalue weighted by atomic mass is 32.2. The number of nitrogens with zero attached hydrogens (tertiary/aromatic N) is 3. The van der Waals surface area contributed by atoms with Crippen molar-refractivity contribution < 1.29 is 31.8 Å². The van der Waals surface area contributed by atoms with Gasteiger partial charge in [0.2, 0.25) is 22.7 Å². The highest BCUT2D eigenvalue weighted by molar-refractivity contribution is 7.89. The first-order valence-corrected chi connectivity index (χ1v) is 14.8. The summed E-state index contributed by atoms with van der Waals surface area (Å²) >= 11 is 0. The Morgan fingerprint density at radius 1 is 0.925 bits per heavy atom. The molecule has 1 saturated heterocycles. The van der Waals surface area contributed by atoms with Crippen LogP contribution < -0.4 is 9.47 Å². The van der Waals surface area contributed by atoms with Gasteiger partial charge in [0.1, 0.15) is 11.5 Å². The Balaban J connectivity index is 1.39. The molecule has 1 amide bonds. The quantitative estimate of drug-likeness (QED) is 0.347. The number of carbonyl (C=O) groups excluding carboxylic acids is 1. The number of carbonyl (C=O) groups is 1. The van der Waals surface area contributed by atoms with Crippen LogP contribution in [0.1, 0.15) is 22.6 Å². The largest absolute Gasteiger partial charge is 0.464 e. The van der Waals surface area contributed by atoms with Gasteiger partial charge in [-0.3, -0.25) is 9.69 Å². The molecule has 0 unspecified atom stereocenters. The van der Waals surface area contributed by atoms with E-state index in [9.17, 15) is 13.2 Å². The van der Waals surface area contributed by atoms with Crippen molar-refractivity contribution in [2.45, 2.75) is 31.8 Å². The molecule has 0 N–H and O–H groups in total. The van der Waals surface area contributed by atoms with Crippen molar-refractivity contribution in [3.05, 3.63) is 77.2 Å². The molecule has 10 nitrogen and oxygen atoms in total. The number of benzene rings is 2. The van der Waals surface area contributed by atoms with E-state index in [4.69, 9.17) is 18.6 Å². The van der Waals surface area contributed by atoms with Crippen LogP contribution in [0.25, 0.3) is 0 Å². The molecule has 11 heteroatoms. The lowest BCUT2D eigenvalue weighted by Crippen LogP contribution is -2.47. The minimum absolute atomic E-state index is 0.155. The fraction of sp³-hybridized carbons (Fsp3) is 0.414. The standard InChI is InChI=1S/C29H35N3O7S/c1-22-3-8-26(9-4-22)40(34,35)32(12-11-30-13-15-36-16-14-30)20-29(33)31(19-25-7-5-23(2)39-25)18-24-6-10-27-28(17-24)38-21-37-27/h3-10,17H,11-16,18-21H2,1-2H3. The van der Waals surface area contributed by atoms with Crippen molar-refractivity contribution in [1.29, 1.82) is 0 Å². The van der Waals surface area contributed by atoms with E-state index in [1.54, 1.807) is 29.2 Å². The number of morpholine rings is 1. The number of hydrogen-bond acceptors (Lipinski definition) is 8. The molecule has 0 bridgehead atoms. The molecule has 0 saturated carbocycles. The summed E-state index contributed by atoms with van der Waals surface area (Å²) in [5.74, 6) is 2.30. The maximum atomic E-state index is 13.9. The summed E-state index contributed by atoms with van der Waals surface area (Å²) in [7, 11) is -3.93. The minimum atomic E-state index is -3.93. The molecule has 1 fully saturated rings. The van der Waals surface area contributed by atoms with Crippen LogP contribution in [0.15, 0.2) is 63.9 Å². The van der Waals surface area contributed by atoms with Crippen LogP contribution in [0.4, 0.5) is 0 Å². The van der Waals surface area contributed by atoms with Crippen LogP contribution in [0.2, 0.25) is 0 Å².